The maximum atomic E-state index is 13.5. The van der Waals surface area contributed by atoms with Gasteiger partial charge in [-0.1, -0.05) is 41.9 Å². The summed E-state index contributed by atoms with van der Waals surface area (Å²) in [5.74, 6) is -0.159. The maximum absolute atomic E-state index is 13.5. The normalized spacial score (nSPS) is 11.3. The number of nitro groups is 1. The first-order chi connectivity index (χ1) is 21.3. The average molecular weight is 608 g/mol. The number of carbonyl (C=O) groups is 1. The number of amides is 1. The quantitative estimate of drug-likeness (QED) is 0.117. The fraction of sp³-hybridized carbons (Fsp3) is 0.0625. The lowest BCUT2D eigenvalue weighted by atomic mass is 10.2. The fourth-order valence-electron chi connectivity index (χ4n) is 4.56. The van der Waals surface area contributed by atoms with Crippen molar-refractivity contribution in [3.63, 3.8) is 0 Å². The molecule has 0 aliphatic rings. The zero-order valence-corrected chi connectivity index (χ0v) is 23.8. The average Bonchev–Trinajstić information content (AvgIpc) is 3.44. The number of anilines is 1. The first kappa shape index (κ1) is 28.3. The Kier molecular flexibility index (Phi) is 7.61. The van der Waals surface area contributed by atoms with E-state index in [1.165, 1.54) is 24.4 Å². The summed E-state index contributed by atoms with van der Waals surface area (Å²) in [5.41, 5.74) is 1.93. The van der Waals surface area contributed by atoms with E-state index < -0.39 is 23.0 Å². The van der Waals surface area contributed by atoms with E-state index in [1.54, 1.807) is 60.7 Å². The highest BCUT2D eigenvalue weighted by Crippen LogP contribution is 2.30. The van der Waals surface area contributed by atoms with Crippen LogP contribution in [-0.4, -0.2) is 33.3 Å². The number of furan rings is 1. The topological polar surface area (TPSA) is 142 Å². The molecule has 218 valence electrons. The van der Waals surface area contributed by atoms with E-state index in [9.17, 15) is 19.7 Å². The van der Waals surface area contributed by atoms with Crippen molar-refractivity contribution < 1.29 is 18.9 Å². The van der Waals surface area contributed by atoms with E-state index in [0.717, 1.165) is 10.2 Å². The Morgan fingerprint density at radius 2 is 1.89 bits per heavy atom. The first-order valence-corrected chi connectivity index (χ1v) is 13.7. The number of hydrogen-bond acceptors (Lipinski definition) is 8. The van der Waals surface area contributed by atoms with Crippen LogP contribution in [0, 0.1) is 17.0 Å². The van der Waals surface area contributed by atoms with E-state index in [-0.39, 0.29) is 23.0 Å². The molecular weight excluding hydrogens is 586 g/mol. The Morgan fingerprint density at radius 1 is 1.09 bits per heavy atom. The Balaban J connectivity index is 1.32. The highest BCUT2D eigenvalue weighted by atomic mass is 35.5. The van der Waals surface area contributed by atoms with Crippen molar-refractivity contribution >= 4 is 57.0 Å². The molecule has 0 unspecified atom stereocenters. The first-order valence-electron chi connectivity index (χ1n) is 13.3. The highest BCUT2D eigenvalue weighted by molar-refractivity contribution is 6.31. The van der Waals surface area contributed by atoms with Crippen LogP contribution < -0.4 is 15.6 Å². The van der Waals surface area contributed by atoms with Crippen molar-refractivity contribution in [1.82, 2.24) is 9.66 Å². The molecule has 6 aromatic rings. The molecule has 0 atom stereocenters. The van der Waals surface area contributed by atoms with Crippen molar-refractivity contribution in [1.29, 1.82) is 0 Å². The van der Waals surface area contributed by atoms with Crippen LogP contribution in [0.15, 0.2) is 105 Å². The standard InChI is InChI=1S/C32H22ClN5O6/c1-19-6-2-4-8-24(19)35-30(39)18-43-28-12-10-20(14-26(28)38(41)42)17-34-37-31(36-25-9-5-3-7-23(25)32(37)40)29-16-21-15-22(33)11-13-27(21)44-29/h2-17H,18H2,1H3,(H,35,39). The molecule has 0 bridgehead atoms. The number of aromatic nitrogens is 2. The minimum absolute atomic E-state index is 0.0988. The number of ether oxygens (including phenoxy) is 1. The molecule has 2 heterocycles. The van der Waals surface area contributed by atoms with E-state index in [1.807, 2.05) is 19.1 Å². The van der Waals surface area contributed by atoms with Crippen molar-refractivity contribution in [2.24, 2.45) is 5.10 Å². The number of nitrogens with one attached hydrogen (secondary N) is 1. The summed E-state index contributed by atoms with van der Waals surface area (Å²) in [6.45, 7) is 1.41. The number of nitrogens with zero attached hydrogens (tertiary/aromatic N) is 4. The van der Waals surface area contributed by atoms with Crippen LogP contribution in [0.3, 0.4) is 0 Å². The maximum Gasteiger partial charge on any atom is 0.311 e. The third-order valence-electron chi connectivity index (χ3n) is 6.73. The highest BCUT2D eigenvalue weighted by Gasteiger charge is 2.19. The zero-order valence-electron chi connectivity index (χ0n) is 23.1. The molecule has 0 radical (unpaired) electrons. The molecule has 0 aliphatic heterocycles. The third-order valence-corrected chi connectivity index (χ3v) is 6.97. The van der Waals surface area contributed by atoms with Gasteiger partial charge in [-0.2, -0.15) is 9.78 Å². The molecule has 4 aromatic carbocycles. The van der Waals surface area contributed by atoms with E-state index >= 15 is 0 Å². The van der Waals surface area contributed by atoms with Gasteiger partial charge >= 0.3 is 5.69 Å². The van der Waals surface area contributed by atoms with Gasteiger partial charge in [0.1, 0.15) is 5.58 Å². The summed E-state index contributed by atoms with van der Waals surface area (Å²) >= 11 is 6.13. The summed E-state index contributed by atoms with van der Waals surface area (Å²) < 4.78 is 12.5. The van der Waals surface area contributed by atoms with Crippen LogP contribution in [0.4, 0.5) is 11.4 Å². The molecule has 0 aliphatic carbocycles. The molecule has 0 fully saturated rings. The van der Waals surface area contributed by atoms with E-state index in [2.05, 4.69) is 15.4 Å². The Hall–Kier alpha value is -5.81. The number of halogens is 1. The number of para-hydroxylation sites is 2. The minimum atomic E-state index is -0.624. The van der Waals surface area contributed by atoms with Gasteiger partial charge in [0.25, 0.3) is 11.5 Å². The van der Waals surface area contributed by atoms with Crippen LogP contribution >= 0.6 is 11.6 Å². The van der Waals surface area contributed by atoms with E-state index in [4.69, 9.17) is 20.8 Å². The lowest BCUT2D eigenvalue weighted by Crippen LogP contribution is -2.21. The summed E-state index contributed by atoms with van der Waals surface area (Å²) in [5, 5.41) is 20.5. The van der Waals surface area contributed by atoms with Crippen molar-refractivity contribution in [3.05, 3.63) is 128 Å². The van der Waals surface area contributed by atoms with Crippen LogP contribution in [0.5, 0.6) is 5.75 Å². The monoisotopic (exact) mass is 607 g/mol. The molecule has 0 spiro atoms. The lowest BCUT2D eigenvalue weighted by Gasteiger charge is -2.10. The summed E-state index contributed by atoms with van der Waals surface area (Å²) in [6.07, 6.45) is 1.29. The largest absolute Gasteiger partial charge is 0.477 e. The number of fused-ring (bicyclic) bond motifs is 2. The summed E-state index contributed by atoms with van der Waals surface area (Å²) in [7, 11) is 0. The van der Waals surface area contributed by atoms with Crippen LogP contribution in [-0.2, 0) is 4.79 Å². The number of rotatable bonds is 8. The third kappa shape index (κ3) is 5.76. The van der Waals surface area contributed by atoms with Crippen LogP contribution in [0.25, 0.3) is 33.5 Å². The summed E-state index contributed by atoms with van der Waals surface area (Å²) in [6, 6.07) is 25.0. The van der Waals surface area contributed by atoms with Gasteiger partial charge in [0, 0.05) is 27.7 Å². The second-order valence-corrected chi connectivity index (χ2v) is 10.2. The van der Waals surface area contributed by atoms with Gasteiger partial charge < -0.3 is 14.5 Å². The minimum Gasteiger partial charge on any atom is -0.477 e. The van der Waals surface area contributed by atoms with Crippen LogP contribution in [0.1, 0.15) is 11.1 Å². The van der Waals surface area contributed by atoms with Crippen molar-refractivity contribution in [2.45, 2.75) is 6.92 Å². The van der Waals surface area contributed by atoms with Crippen molar-refractivity contribution in [2.75, 3.05) is 11.9 Å². The second kappa shape index (κ2) is 11.8. The number of hydrogen-bond donors (Lipinski definition) is 1. The molecule has 11 nitrogen and oxygen atoms in total. The molecular formula is C32H22ClN5O6. The van der Waals surface area contributed by atoms with Gasteiger partial charge in [-0.05, 0) is 67.1 Å². The van der Waals surface area contributed by atoms with Crippen molar-refractivity contribution in [3.8, 4) is 17.3 Å². The summed E-state index contributed by atoms with van der Waals surface area (Å²) in [4.78, 5) is 41.8. The Labute approximate surface area is 254 Å². The predicted octanol–water partition coefficient (Wildman–Crippen LogP) is 6.58. The molecule has 1 amide bonds. The lowest BCUT2D eigenvalue weighted by molar-refractivity contribution is -0.385. The Bertz CT molecular complexity index is 2170. The number of benzene rings is 4. The molecule has 0 saturated carbocycles. The van der Waals surface area contributed by atoms with E-state index in [0.29, 0.717) is 38.1 Å². The molecule has 1 N–H and O–H groups in total. The number of carbonyl (C=O) groups excluding carboxylic acids is 1. The predicted molar refractivity (Wildman–Crippen MR) is 168 cm³/mol. The Morgan fingerprint density at radius 3 is 2.70 bits per heavy atom. The molecule has 12 heteroatoms. The number of nitro benzene ring substituents is 1. The van der Waals surface area contributed by atoms with Crippen LogP contribution in [0.2, 0.25) is 5.02 Å². The van der Waals surface area contributed by atoms with Gasteiger partial charge in [-0.15, -0.1) is 0 Å². The van der Waals surface area contributed by atoms with Gasteiger partial charge in [0.05, 0.1) is 22.0 Å². The van der Waals surface area contributed by atoms with Gasteiger partial charge in [-0.25, -0.2) is 4.98 Å². The number of aryl methyl sites for hydroxylation is 1. The zero-order chi connectivity index (χ0) is 30.8. The molecule has 2 aromatic heterocycles. The SMILES string of the molecule is Cc1ccccc1NC(=O)COc1ccc(C=Nn2c(-c3cc4cc(Cl)ccc4o3)nc3ccccc3c2=O)cc1[N+](=O)[O-]. The van der Waals surface area contributed by atoms with Gasteiger partial charge in [-0.3, -0.25) is 19.7 Å². The van der Waals surface area contributed by atoms with Gasteiger partial charge in [0.15, 0.2) is 18.1 Å². The van der Waals surface area contributed by atoms with Gasteiger partial charge in [0.2, 0.25) is 5.82 Å². The molecule has 44 heavy (non-hydrogen) atoms. The smallest absolute Gasteiger partial charge is 0.311 e. The fourth-order valence-corrected chi connectivity index (χ4v) is 4.74. The molecule has 6 rings (SSSR count). The second-order valence-electron chi connectivity index (χ2n) is 9.74. The molecule has 0 saturated heterocycles.